The monoisotopic (exact) mass is 350 g/mol. The predicted molar refractivity (Wildman–Crippen MR) is 84.9 cm³/mol. The van der Waals surface area contributed by atoms with Crippen LogP contribution in [-0.4, -0.2) is 81.7 Å². The molecule has 2 aliphatic heterocycles. The Morgan fingerprint density at radius 2 is 1.87 bits per heavy atom. The quantitative estimate of drug-likeness (QED) is 0.650. The van der Waals surface area contributed by atoms with Crippen molar-refractivity contribution in [3.05, 3.63) is 0 Å². The Balaban J connectivity index is 0.000000816. The lowest BCUT2D eigenvalue weighted by Crippen LogP contribution is -2.52. The van der Waals surface area contributed by atoms with E-state index in [0.717, 1.165) is 25.9 Å². The lowest BCUT2D eigenvalue weighted by molar-refractivity contribution is -0.134. The molecule has 9 heteroatoms. The lowest BCUT2D eigenvalue weighted by atomic mass is 9.79. The van der Waals surface area contributed by atoms with Crippen LogP contribution in [0.1, 0.15) is 19.8 Å². The minimum absolute atomic E-state index is 0.00605. The first-order valence-electron chi connectivity index (χ1n) is 7.48. The predicted octanol–water partition coefficient (Wildman–Crippen LogP) is -0.653. The number of carbonyl (C=O) groups is 2. The fourth-order valence-electron chi connectivity index (χ4n) is 2.86. The molecule has 0 aromatic heterocycles. The lowest BCUT2D eigenvalue weighted by Gasteiger charge is -2.37. The molecule has 2 heterocycles. The number of piperidine rings is 1. The summed E-state index contributed by atoms with van der Waals surface area (Å²) in [5, 5.41) is 9.79. The first-order valence-corrected chi connectivity index (χ1v) is 9.30. The number of ether oxygens (including phenoxy) is 1. The Bertz CT molecular complexity index is 513. The standard InChI is InChI=1S/C13H24N2O4S.CH2O2/c1-13(4-6-15(2)7-5-13)12(16)14-10-8-20(17,18)9-11(10)19-3;2-1-3/h10-11H,4-9H2,1-3H3,(H,14,16);1H,(H,2,3)/t10-,11-;/m1./s1. The summed E-state index contributed by atoms with van der Waals surface area (Å²) in [6, 6.07) is -0.422. The van der Waals surface area contributed by atoms with E-state index in [-0.39, 0.29) is 23.9 Å². The van der Waals surface area contributed by atoms with E-state index in [0.29, 0.717) is 0 Å². The normalized spacial score (nSPS) is 29.2. The fourth-order valence-corrected chi connectivity index (χ4v) is 4.71. The van der Waals surface area contributed by atoms with Crippen LogP contribution < -0.4 is 5.32 Å². The summed E-state index contributed by atoms with van der Waals surface area (Å²) in [6.07, 6.45) is 1.16. The molecule has 0 radical (unpaired) electrons. The van der Waals surface area contributed by atoms with Crippen molar-refractivity contribution in [3.8, 4) is 0 Å². The van der Waals surface area contributed by atoms with Gasteiger partial charge in [-0.25, -0.2) is 8.42 Å². The van der Waals surface area contributed by atoms with E-state index < -0.39 is 27.4 Å². The van der Waals surface area contributed by atoms with Gasteiger partial charge < -0.3 is 20.1 Å². The van der Waals surface area contributed by atoms with Crippen LogP contribution >= 0.6 is 0 Å². The maximum Gasteiger partial charge on any atom is 0.290 e. The first kappa shape index (κ1) is 19.9. The van der Waals surface area contributed by atoms with Crippen LogP contribution in [-0.2, 0) is 24.2 Å². The molecule has 0 aromatic rings. The van der Waals surface area contributed by atoms with Crippen molar-refractivity contribution in [1.29, 1.82) is 0 Å². The topological polar surface area (TPSA) is 113 Å². The number of rotatable bonds is 3. The van der Waals surface area contributed by atoms with E-state index in [9.17, 15) is 13.2 Å². The Hall–Kier alpha value is -1.19. The van der Waals surface area contributed by atoms with Gasteiger partial charge in [0.05, 0.1) is 23.7 Å². The number of nitrogens with one attached hydrogen (secondary N) is 1. The first-order chi connectivity index (χ1) is 10.7. The molecule has 2 N–H and O–H groups in total. The van der Waals surface area contributed by atoms with E-state index in [4.69, 9.17) is 14.6 Å². The van der Waals surface area contributed by atoms with Gasteiger partial charge >= 0.3 is 0 Å². The van der Waals surface area contributed by atoms with Gasteiger partial charge in [0, 0.05) is 12.5 Å². The molecule has 0 spiro atoms. The molecular formula is C14H26N2O6S. The number of sulfone groups is 1. The summed E-state index contributed by atoms with van der Waals surface area (Å²) >= 11 is 0. The summed E-state index contributed by atoms with van der Waals surface area (Å²) in [5.41, 5.74) is -0.406. The highest BCUT2D eigenvalue weighted by Gasteiger charge is 2.42. The van der Waals surface area contributed by atoms with Crippen LogP contribution in [0.15, 0.2) is 0 Å². The van der Waals surface area contributed by atoms with E-state index >= 15 is 0 Å². The summed E-state index contributed by atoms with van der Waals surface area (Å²) in [4.78, 5) is 23.0. The van der Waals surface area contributed by atoms with Gasteiger partial charge in [-0.05, 0) is 33.0 Å². The van der Waals surface area contributed by atoms with Crippen LogP contribution in [0.4, 0.5) is 0 Å². The minimum Gasteiger partial charge on any atom is -0.483 e. The zero-order valence-corrected chi connectivity index (χ0v) is 14.6. The molecule has 0 aromatic carbocycles. The highest BCUT2D eigenvalue weighted by Crippen LogP contribution is 2.31. The molecule has 2 atom stereocenters. The molecule has 2 rings (SSSR count). The molecule has 0 aliphatic carbocycles. The molecule has 0 bridgehead atoms. The number of amides is 1. The number of carboxylic acid groups (broad SMARTS) is 1. The van der Waals surface area contributed by atoms with Crippen molar-refractivity contribution in [2.45, 2.75) is 31.9 Å². The molecule has 23 heavy (non-hydrogen) atoms. The average molecular weight is 350 g/mol. The van der Waals surface area contributed by atoms with Gasteiger partial charge in [0.25, 0.3) is 6.47 Å². The van der Waals surface area contributed by atoms with Crippen LogP contribution in [0.5, 0.6) is 0 Å². The number of hydrogen-bond donors (Lipinski definition) is 2. The number of methoxy groups -OCH3 is 1. The van der Waals surface area contributed by atoms with E-state index in [1.165, 1.54) is 7.11 Å². The Labute approximate surface area is 137 Å². The van der Waals surface area contributed by atoms with E-state index in [2.05, 4.69) is 10.2 Å². The third kappa shape index (κ3) is 5.43. The van der Waals surface area contributed by atoms with Gasteiger partial charge in [-0.3, -0.25) is 9.59 Å². The molecule has 0 unspecified atom stereocenters. The number of likely N-dealkylation sites (tertiary alicyclic amines) is 1. The van der Waals surface area contributed by atoms with Gasteiger partial charge in [0.1, 0.15) is 0 Å². The number of hydrogen-bond acceptors (Lipinski definition) is 6. The third-order valence-electron chi connectivity index (χ3n) is 4.56. The van der Waals surface area contributed by atoms with Gasteiger partial charge in [0.15, 0.2) is 9.84 Å². The van der Waals surface area contributed by atoms with Crippen LogP contribution in [0.25, 0.3) is 0 Å². The highest BCUT2D eigenvalue weighted by molar-refractivity contribution is 7.91. The van der Waals surface area contributed by atoms with Gasteiger partial charge in [-0.1, -0.05) is 6.92 Å². The third-order valence-corrected chi connectivity index (χ3v) is 6.26. The summed E-state index contributed by atoms with van der Waals surface area (Å²) in [5.74, 6) is -0.0732. The minimum atomic E-state index is -3.11. The second-order valence-corrected chi connectivity index (χ2v) is 8.55. The zero-order valence-electron chi connectivity index (χ0n) is 13.8. The summed E-state index contributed by atoms with van der Waals surface area (Å²) < 4.78 is 28.5. The summed E-state index contributed by atoms with van der Waals surface area (Å²) in [7, 11) is 0.422. The molecule has 0 saturated carbocycles. The SMILES string of the molecule is CO[C@@H]1CS(=O)(=O)C[C@H]1NC(=O)C1(C)CCN(C)CC1.O=CO. The van der Waals surface area contributed by atoms with E-state index in [1.807, 2.05) is 14.0 Å². The van der Waals surface area contributed by atoms with Crippen molar-refractivity contribution < 1.29 is 27.9 Å². The second-order valence-electron chi connectivity index (χ2n) is 6.40. The Morgan fingerprint density at radius 1 is 1.35 bits per heavy atom. The number of nitrogens with zero attached hydrogens (tertiary/aromatic N) is 1. The molecule has 2 aliphatic rings. The fraction of sp³-hybridized carbons (Fsp3) is 0.857. The van der Waals surface area contributed by atoms with Crippen molar-refractivity contribution in [1.82, 2.24) is 10.2 Å². The van der Waals surface area contributed by atoms with Crippen LogP contribution in [0.3, 0.4) is 0 Å². The average Bonchev–Trinajstić information content (AvgIpc) is 2.77. The molecule has 8 nitrogen and oxygen atoms in total. The summed E-state index contributed by atoms with van der Waals surface area (Å²) in [6.45, 7) is 3.49. The highest BCUT2D eigenvalue weighted by atomic mass is 32.2. The van der Waals surface area contributed by atoms with Crippen molar-refractivity contribution in [2.24, 2.45) is 5.41 Å². The largest absolute Gasteiger partial charge is 0.483 e. The maximum atomic E-state index is 12.5. The molecule has 1 amide bonds. The van der Waals surface area contributed by atoms with Crippen molar-refractivity contribution in [2.75, 3.05) is 38.8 Å². The molecule has 2 saturated heterocycles. The smallest absolute Gasteiger partial charge is 0.290 e. The van der Waals surface area contributed by atoms with E-state index in [1.54, 1.807) is 0 Å². The number of carbonyl (C=O) groups excluding carboxylic acids is 1. The molecule has 134 valence electrons. The zero-order chi connectivity index (χ0) is 17.7. The van der Waals surface area contributed by atoms with Gasteiger partial charge in [-0.2, -0.15) is 0 Å². The van der Waals surface area contributed by atoms with Crippen molar-refractivity contribution >= 4 is 22.2 Å². The maximum absolute atomic E-state index is 12.5. The Morgan fingerprint density at radius 3 is 2.35 bits per heavy atom. The second kappa shape index (κ2) is 8.07. The van der Waals surface area contributed by atoms with Crippen LogP contribution in [0, 0.1) is 5.41 Å². The van der Waals surface area contributed by atoms with Gasteiger partial charge in [0.2, 0.25) is 5.91 Å². The van der Waals surface area contributed by atoms with Crippen LogP contribution in [0.2, 0.25) is 0 Å². The molecule has 2 fully saturated rings. The van der Waals surface area contributed by atoms with Crippen molar-refractivity contribution in [3.63, 3.8) is 0 Å². The Kier molecular flexibility index (Phi) is 6.97. The molecular weight excluding hydrogens is 324 g/mol. The van der Waals surface area contributed by atoms with Gasteiger partial charge in [-0.15, -0.1) is 0 Å².